The predicted octanol–water partition coefficient (Wildman–Crippen LogP) is 2.73. The van der Waals surface area contributed by atoms with Gasteiger partial charge in [-0.2, -0.15) is 5.26 Å². The average Bonchev–Trinajstić information content (AvgIpc) is 3.25. The van der Waals surface area contributed by atoms with E-state index in [0.29, 0.717) is 37.4 Å². The summed E-state index contributed by atoms with van der Waals surface area (Å²) in [6, 6.07) is 12.2. The molecule has 2 atom stereocenters. The summed E-state index contributed by atoms with van der Waals surface area (Å²) in [7, 11) is 1.83. The number of hydrogen-bond donors (Lipinski definition) is 1. The van der Waals surface area contributed by atoms with Crippen LogP contribution in [0.4, 0.5) is 0 Å². The molecule has 1 saturated carbocycles. The molecule has 1 aliphatic carbocycles. The molecule has 0 bridgehead atoms. The Kier molecular flexibility index (Phi) is 4.93. The lowest BCUT2D eigenvalue weighted by molar-refractivity contribution is -0.130. The minimum absolute atomic E-state index is 0.000308. The summed E-state index contributed by atoms with van der Waals surface area (Å²) in [5.74, 6) is 0.0691. The number of carbonyl (C=O) groups excluding carboxylic acids is 2. The lowest BCUT2D eigenvalue weighted by atomic mass is 9.77. The van der Waals surface area contributed by atoms with Crippen molar-refractivity contribution >= 4 is 22.7 Å². The summed E-state index contributed by atoms with van der Waals surface area (Å²) in [4.78, 5) is 35.0. The highest BCUT2D eigenvalue weighted by molar-refractivity contribution is 5.99. The number of rotatable bonds is 2. The van der Waals surface area contributed by atoms with E-state index in [1.54, 1.807) is 4.90 Å². The smallest absolute Gasteiger partial charge is 0.270 e. The normalized spacial score (nSPS) is 24.4. The fourth-order valence-electron chi connectivity index (χ4n) is 5.52. The van der Waals surface area contributed by atoms with E-state index >= 15 is 0 Å². The highest BCUT2D eigenvalue weighted by atomic mass is 16.2. The molecule has 7 nitrogen and oxygen atoms in total. The molecule has 3 heterocycles. The number of carbonyl (C=O) groups is 2. The van der Waals surface area contributed by atoms with E-state index in [0.717, 1.165) is 42.3 Å². The number of hydrogen-bond acceptors (Lipinski definition) is 4. The second-order valence-electron chi connectivity index (χ2n) is 8.80. The Morgan fingerprint density at radius 1 is 1.13 bits per heavy atom. The molecule has 1 N–H and O–H groups in total. The largest absolute Gasteiger partial charge is 0.370 e. The number of nitrogens with one attached hydrogen (secondary N) is 1. The van der Waals surface area contributed by atoms with Crippen LogP contribution in [0.5, 0.6) is 0 Å². The minimum atomic E-state index is -0.155. The van der Waals surface area contributed by atoms with Gasteiger partial charge < -0.3 is 19.7 Å². The van der Waals surface area contributed by atoms with E-state index in [-0.39, 0.29) is 23.8 Å². The summed E-state index contributed by atoms with van der Waals surface area (Å²) >= 11 is 0. The maximum Gasteiger partial charge on any atom is 0.270 e. The maximum atomic E-state index is 13.0. The lowest BCUT2D eigenvalue weighted by Crippen LogP contribution is -2.55. The van der Waals surface area contributed by atoms with E-state index in [1.807, 2.05) is 42.3 Å². The molecule has 2 fully saturated rings. The molecule has 1 aromatic heterocycles. The standard InChI is InChI=1S/C24H27N5O2/c1-27-21-9-5-3-7-17(21)22(18(15-25)23(27)30)28-10-12-29(13-11-28)24(31)20-14-16-6-2-4-8-19(16)26-20/h2,4,6,8,14,17,21,26H,3,5,7,9-13H2,1H3. The van der Waals surface area contributed by atoms with Crippen molar-refractivity contribution in [1.82, 2.24) is 19.7 Å². The van der Waals surface area contributed by atoms with Gasteiger partial charge in [-0.3, -0.25) is 9.59 Å². The first kappa shape index (κ1) is 19.7. The van der Waals surface area contributed by atoms with Crippen LogP contribution in [-0.2, 0) is 4.79 Å². The maximum absolute atomic E-state index is 13.0. The molecule has 2 aromatic rings. The topological polar surface area (TPSA) is 83.4 Å². The Bertz CT molecular complexity index is 1070. The van der Waals surface area contributed by atoms with Crippen LogP contribution in [0.3, 0.4) is 0 Å². The van der Waals surface area contributed by atoms with Crippen molar-refractivity contribution in [1.29, 1.82) is 5.26 Å². The molecule has 31 heavy (non-hydrogen) atoms. The zero-order valence-electron chi connectivity index (χ0n) is 17.8. The lowest BCUT2D eigenvalue weighted by Gasteiger charge is -2.48. The molecule has 160 valence electrons. The molecule has 1 saturated heterocycles. The van der Waals surface area contributed by atoms with Crippen molar-refractivity contribution < 1.29 is 9.59 Å². The summed E-state index contributed by atoms with van der Waals surface area (Å²) in [5.41, 5.74) is 2.78. The van der Waals surface area contributed by atoms with Gasteiger partial charge in [-0.05, 0) is 25.0 Å². The Hall–Kier alpha value is -3.27. The van der Waals surface area contributed by atoms with Gasteiger partial charge in [-0.25, -0.2) is 0 Å². The third-order valence-corrected chi connectivity index (χ3v) is 7.15. The first-order valence-corrected chi connectivity index (χ1v) is 11.1. The Morgan fingerprint density at radius 2 is 1.87 bits per heavy atom. The molecule has 7 heteroatoms. The van der Waals surface area contributed by atoms with Crippen LogP contribution in [0.25, 0.3) is 10.9 Å². The number of amides is 2. The number of aromatic nitrogens is 1. The number of aromatic amines is 1. The SMILES string of the molecule is CN1C(=O)C(C#N)=C(N2CCN(C(=O)c3cc4ccccc4[nH]3)CC2)C2CCCCC21. The first-order chi connectivity index (χ1) is 15.1. The van der Waals surface area contributed by atoms with Gasteiger partial charge in [0.15, 0.2) is 0 Å². The Morgan fingerprint density at radius 3 is 2.61 bits per heavy atom. The van der Waals surface area contributed by atoms with Crippen molar-refractivity contribution in [3.05, 3.63) is 47.3 Å². The van der Waals surface area contributed by atoms with Crippen LogP contribution >= 0.6 is 0 Å². The van der Waals surface area contributed by atoms with Crippen LogP contribution < -0.4 is 0 Å². The van der Waals surface area contributed by atoms with Crippen molar-refractivity contribution in [3.8, 4) is 6.07 Å². The molecule has 2 amide bonds. The van der Waals surface area contributed by atoms with E-state index in [9.17, 15) is 14.9 Å². The third kappa shape index (κ3) is 3.27. The number of fused-ring (bicyclic) bond motifs is 2. The minimum Gasteiger partial charge on any atom is -0.370 e. The van der Waals surface area contributed by atoms with Gasteiger partial charge in [-0.15, -0.1) is 0 Å². The van der Waals surface area contributed by atoms with Gasteiger partial charge in [0, 0.05) is 61.8 Å². The molecular weight excluding hydrogens is 390 g/mol. The fourth-order valence-corrected chi connectivity index (χ4v) is 5.52. The highest BCUT2D eigenvalue weighted by Gasteiger charge is 2.43. The van der Waals surface area contributed by atoms with E-state index < -0.39 is 0 Å². The van der Waals surface area contributed by atoms with Gasteiger partial charge in [0.05, 0.1) is 0 Å². The second-order valence-corrected chi connectivity index (χ2v) is 8.80. The number of nitrogens with zero attached hydrogens (tertiary/aromatic N) is 4. The number of benzene rings is 1. The molecule has 2 aliphatic heterocycles. The number of H-pyrrole nitrogens is 1. The molecule has 0 radical (unpaired) electrons. The molecule has 0 spiro atoms. The van der Waals surface area contributed by atoms with E-state index in [2.05, 4.69) is 16.0 Å². The Balaban J connectivity index is 1.35. The van der Waals surface area contributed by atoms with Crippen LogP contribution in [0.2, 0.25) is 0 Å². The Labute approximate surface area is 181 Å². The molecule has 2 unspecified atom stereocenters. The predicted molar refractivity (Wildman–Crippen MR) is 117 cm³/mol. The summed E-state index contributed by atoms with van der Waals surface area (Å²) in [6.45, 7) is 2.45. The van der Waals surface area contributed by atoms with Crippen molar-refractivity contribution in [2.75, 3.05) is 33.2 Å². The molecular formula is C24H27N5O2. The third-order valence-electron chi connectivity index (χ3n) is 7.15. The quantitative estimate of drug-likeness (QED) is 0.814. The molecule has 3 aliphatic rings. The van der Waals surface area contributed by atoms with Crippen molar-refractivity contribution in [2.24, 2.45) is 5.92 Å². The highest BCUT2D eigenvalue weighted by Crippen LogP contribution is 2.40. The zero-order chi connectivity index (χ0) is 21.5. The number of likely N-dealkylation sites (N-methyl/N-ethyl adjacent to an activating group) is 1. The number of para-hydroxylation sites is 1. The average molecular weight is 418 g/mol. The summed E-state index contributed by atoms with van der Waals surface area (Å²) in [6.07, 6.45) is 4.26. The second kappa shape index (κ2) is 7.77. The van der Waals surface area contributed by atoms with Crippen LogP contribution in [0, 0.1) is 17.2 Å². The number of piperazine rings is 1. The van der Waals surface area contributed by atoms with Gasteiger partial charge in [0.25, 0.3) is 11.8 Å². The first-order valence-electron chi connectivity index (χ1n) is 11.1. The molecule has 1 aromatic carbocycles. The zero-order valence-corrected chi connectivity index (χ0v) is 17.8. The fraction of sp³-hybridized carbons (Fsp3) is 0.458. The van der Waals surface area contributed by atoms with E-state index in [1.165, 1.54) is 0 Å². The van der Waals surface area contributed by atoms with Crippen molar-refractivity contribution in [3.63, 3.8) is 0 Å². The van der Waals surface area contributed by atoms with Gasteiger partial charge >= 0.3 is 0 Å². The van der Waals surface area contributed by atoms with Gasteiger partial charge in [-0.1, -0.05) is 31.0 Å². The molecule has 5 rings (SSSR count). The number of nitriles is 1. The van der Waals surface area contributed by atoms with Gasteiger partial charge in [0.1, 0.15) is 17.3 Å². The van der Waals surface area contributed by atoms with Gasteiger partial charge in [0.2, 0.25) is 0 Å². The summed E-state index contributed by atoms with van der Waals surface area (Å²) < 4.78 is 0. The van der Waals surface area contributed by atoms with Crippen LogP contribution in [-0.4, -0.2) is 70.8 Å². The summed E-state index contributed by atoms with van der Waals surface area (Å²) in [5, 5.41) is 10.8. The van der Waals surface area contributed by atoms with Crippen molar-refractivity contribution in [2.45, 2.75) is 31.7 Å². The van der Waals surface area contributed by atoms with Crippen LogP contribution in [0.15, 0.2) is 41.6 Å². The monoisotopic (exact) mass is 417 g/mol. The van der Waals surface area contributed by atoms with Crippen LogP contribution in [0.1, 0.15) is 36.2 Å². The van der Waals surface area contributed by atoms with E-state index in [4.69, 9.17) is 0 Å².